The average molecular weight is 298 g/mol. The molecule has 1 fully saturated rings. The van der Waals surface area contributed by atoms with Crippen LogP contribution in [0.1, 0.15) is 30.6 Å². The monoisotopic (exact) mass is 298 g/mol. The molecule has 1 unspecified atom stereocenters. The number of ether oxygens (including phenoxy) is 1. The summed E-state index contributed by atoms with van der Waals surface area (Å²) in [7, 11) is 0. The predicted octanol–water partition coefficient (Wildman–Crippen LogP) is 0.617. The zero-order valence-electron chi connectivity index (χ0n) is 11.5. The number of amides is 1. The van der Waals surface area contributed by atoms with Gasteiger partial charge in [-0.2, -0.15) is 4.37 Å². The average Bonchev–Trinajstić information content (AvgIpc) is 2.95. The molecule has 20 heavy (non-hydrogen) atoms. The number of nitrogens with zero attached hydrogens (tertiary/aromatic N) is 2. The molecule has 0 aromatic carbocycles. The predicted molar refractivity (Wildman–Crippen MR) is 76.9 cm³/mol. The maximum atomic E-state index is 11.9. The molecule has 0 bridgehead atoms. The van der Waals surface area contributed by atoms with Crippen molar-refractivity contribution >= 4 is 34.2 Å². The number of anilines is 2. The van der Waals surface area contributed by atoms with Crippen LogP contribution in [0.2, 0.25) is 0 Å². The summed E-state index contributed by atoms with van der Waals surface area (Å²) in [5.74, 6) is -0.297. The minimum Gasteiger partial charge on any atom is -0.462 e. The van der Waals surface area contributed by atoms with E-state index in [0.29, 0.717) is 23.7 Å². The van der Waals surface area contributed by atoms with E-state index in [-0.39, 0.29) is 17.8 Å². The summed E-state index contributed by atoms with van der Waals surface area (Å²) in [6, 6.07) is 0.0888. The number of aromatic nitrogens is 1. The van der Waals surface area contributed by atoms with Crippen molar-refractivity contribution in [2.45, 2.75) is 26.3 Å². The summed E-state index contributed by atoms with van der Waals surface area (Å²) in [6.45, 7) is 4.93. The molecule has 7 nitrogen and oxygen atoms in total. The molecule has 1 aliphatic heterocycles. The second-order valence-corrected chi connectivity index (χ2v) is 5.35. The van der Waals surface area contributed by atoms with Crippen molar-refractivity contribution in [3.8, 4) is 0 Å². The first kappa shape index (κ1) is 14.6. The van der Waals surface area contributed by atoms with E-state index in [1.54, 1.807) is 6.92 Å². The Morgan fingerprint density at radius 1 is 1.60 bits per heavy atom. The standard InChI is InChI=1S/C12H18N4O3S/c1-3-19-12(18)9-10(13)15-20-11(9)16-5-4-8(6-16)14-7(2)17/h8H,3-6H2,1-2H3,(H2,13,15)(H,14,17). The Hall–Kier alpha value is -1.83. The maximum absolute atomic E-state index is 11.9. The third-order valence-corrected chi connectivity index (χ3v) is 3.99. The van der Waals surface area contributed by atoms with Gasteiger partial charge in [-0.15, -0.1) is 0 Å². The van der Waals surface area contributed by atoms with Gasteiger partial charge >= 0.3 is 5.97 Å². The lowest BCUT2D eigenvalue weighted by molar-refractivity contribution is -0.119. The minimum atomic E-state index is -0.447. The van der Waals surface area contributed by atoms with Gasteiger partial charge in [0.2, 0.25) is 5.91 Å². The van der Waals surface area contributed by atoms with E-state index >= 15 is 0 Å². The van der Waals surface area contributed by atoms with E-state index in [4.69, 9.17) is 10.5 Å². The molecule has 8 heteroatoms. The highest BCUT2D eigenvalue weighted by Crippen LogP contribution is 2.33. The fraction of sp³-hybridized carbons (Fsp3) is 0.583. The summed E-state index contributed by atoms with van der Waals surface area (Å²) >= 11 is 1.19. The topological polar surface area (TPSA) is 97.6 Å². The smallest absolute Gasteiger partial charge is 0.345 e. The lowest BCUT2D eigenvalue weighted by atomic mass is 10.2. The number of nitrogens with one attached hydrogen (secondary N) is 1. The molecular formula is C12H18N4O3S. The second-order valence-electron chi connectivity index (χ2n) is 4.60. The Labute approximate surface area is 121 Å². The highest BCUT2D eigenvalue weighted by molar-refractivity contribution is 7.11. The molecule has 110 valence electrons. The van der Waals surface area contributed by atoms with Crippen LogP contribution in [0.5, 0.6) is 0 Å². The van der Waals surface area contributed by atoms with Crippen LogP contribution in [0.15, 0.2) is 0 Å². The molecule has 0 radical (unpaired) electrons. The summed E-state index contributed by atoms with van der Waals surface area (Å²) in [5, 5.41) is 3.59. The summed E-state index contributed by atoms with van der Waals surface area (Å²) < 4.78 is 9.05. The molecule has 0 aliphatic carbocycles. The molecule has 2 heterocycles. The van der Waals surface area contributed by atoms with E-state index in [1.807, 2.05) is 4.90 Å². The third kappa shape index (κ3) is 3.01. The van der Waals surface area contributed by atoms with Crippen molar-refractivity contribution in [3.63, 3.8) is 0 Å². The highest BCUT2D eigenvalue weighted by Gasteiger charge is 2.30. The Balaban J connectivity index is 2.14. The van der Waals surface area contributed by atoms with Crippen molar-refractivity contribution in [1.29, 1.82) is 0 Å². The van der Waals surface area contributed by atoms with Gasteiger partial charge in [-0.25, -0.2) is 4.79 Å². The fourth-order valence-electron chi connectivity index (χ4n) is 2.25. The quantitative estimate of drug-likeness (QED) is 0.791. The Bertz CT molecular complexity index is 517. The number of nitrogens with two attached hydrogens (primary N) is 1. The van der Waals surface area contributed by atoms with Gasteiger partial charge in [-0.3, -0.25) is 4.79 Å². The van der Waals surface area contributed by atoms with Crippen LogP contribution in [-0.2, 0) is 9.53 Å². The molecule has 1 atom stereocenters. The van der Waals surface area contributed by atoms with Crippen LogP contribution < -0.4 is 16.0 Å². The van der Waals surface area contributed by atoms with Crippen LogP contribution in [-0.4, -0.2) is 42.0 Å². The summed E-state index contributed by atoms with van der Waals surface area (Å²) in [5.41, 5.74) is 6.09. The molecular weight excluding hydrogens is 280 g/mol. The third-order valence-electron chi connectivity index (χ3n) is 3.06. The number of carbonyl (C=O) groups excluding carboxylic acids is 2. The Morgan fingerprint density at radius 3 is 3.00 bits per heavy atom. The molecule has 1 aromatic rings. The first-order valence-electron chi connectivity index (χ1n) is 6.47. The van der Waals surface area contributed by atoms with Crippen LogP contribution in [0.4, 0.5) is 10.8 Å². The molecule has 2 rings (SSSR count). The van der Waals surface area contributed by atoms with Crippen LogP contribution in [0, 0.1) is 0 Å². The molecule has 3 N–H and O–H groups in total. The van der Waals surface area contributed by atoms with Crippen molar-refractivity contribution < 1.29 is 14.3 Å². The second kappa shape index (κ2) is 6.08. The molecule has 1 aromatic heterocycles. The van der Waals surface area contributed by atoms with Gasteiger partial charge in [0, 0.05) is 26.1 Å². The molecule has 1 aliphatic rings. The zero-order valence-corrected chi connectivity index (χ0v) is 12.3. The molecule has 1 saturated heterocycles. The van der Waals surface area contributed by atoms with E-state index in [1.165, 1.54) is 18.5 Å². The SMILES string of the molecule is CCOC(=O)c1c(N)nsc1N1CCC(NC(C)=O)C1. The zero-order chi connectivity index (χ0) is 14.7. The van der Waals surface area contributed by atoms with Gasteiger partial charge in [0.05, 0.1) is 6.61 Å². The van der Waals surface area contributed by atoms with Gasteiger partial charge in [-0.1, -0.05) is 0 Å². The summed E-state index contributed by atoms with van der Waals surface area (Å²) in [6.07, 6.45) is 0.833. The van der Waals surface area contributed by atoms with Gasteiger partial charge in [-0.05, 0) is 24.9 Å². The summed E-state index contributed by atoms with van der Waals surface area (Å²) in [4.78, 5) is 25.0. The molecule has 0 spiro atoms. The lowest BCUT2D eigenvalue weighted by Crippen LogP contribution is -2.35. The van der Waals surface area contributed by atoms with E-state index in [9.17, 15) is 9.59 Å². The number of nitrogen functional groups attached to an aromatic ring is 1. The maximum Gasteiger partial charge on any atom is 0.345 e. The minimum absolute atomic E-state index is 0.0497. The Kier molecular flexibility index (Phi) is 4.43. The highest BCUT2D eigenvalue weighted by atomic mass is 32.1. The number of rotatable bonds is 4. The largest absolute Gasteiger partial charge is 0.462 e. The first-order chi connectivity index (χ1) is 9.52. The van der Waals surface area contributed by atoms with Crippen LogP contribution in [0.3, 0.4) is 0 Å². The van der Waals surface area contributed by atoms with Crippen molar-refractivity contribution in [2.75, 3.05) is 30.3 Å². The number of carbonyl (C=O) groups is 2. The van der Waals surface area contributed by atoms with Crippen molar-refractivity contribution in [2.24, 2.45) is 0 Å². The van der Waals surface area contributed by atoms with Gasteiger partial charge in [0.15, 0.2) is 5.82 Å². The van der Waals surface area contributed by atoms with Crippen LogP contribution in [0.25, 0.3) is 0 Å². The van der Waals surface area contributed by atoms with Gasteiger partial charge in [0.1, 0.15) is 10.6 Å². The Morgan fingerprint density at radius 2 is 2.35 bits per heavy atom. The van der Waals surface area contributed by atoms with Gasteiger partial charge in [0.25, 0.3) is 0 Å². The molecule has 1 amide bonds. The normalized spacial score (nSPS) is 18.1. The number of hydrogen-bond acceptors (Lipinski definition) is 7. The lowest BCUT2D eigenvalue weighted by Gasteiger charge is -2.17. The van der Waals surface area contributed by atoms with Crippen molar-refractivity contribution in [1.82, 2.24) is 9.69 Å². The first-order valence-corrected chi connectivity index (χ1v) is 7.24. The van der Waals surface area contributed by atoms with E-state index < -0.39 is 5.97 Å². The number of esters is 1. The van der Waals surface area contributed by atoms with E-state index in [0.717, 1.165) is 13.0 Å². The van der Waals surface area contributed by atoms with Gasteiger partial charge < -0.3 is 20.7 Å². The fourth-order valence-corrected chi connectivity index (χ4v) is 3.09. The number of hydrogen-bond donors (Lipinski definition) is 2. The molecule has 0 saturated carbocycles. The van der Waals surface area contributed by atoms with Crippen molar-refractivity contribution in [3.05, 3.63) is 5.56 Å². The van der Waals surface area contributed by atoms with E-state index in [2.05, 4.69) is 9.69 Å². The van der Waals surface area contributed by atoms with Crippen LogP contribution >= 0.6 is 11.5 Å².